The standard InChI is InChI=1S/C20H24N4O2S/c1-13-9-14(2)24(23-13)15(3)10-19(25)22-20-21-12-18(27-20)11-16-5-7-17(26-4)8-6-16/h5-9,12,15H,10-11H2,1-4H3,(H,21,22,25). The number of rotatable bonds is 7. The molecule has 7 heteroatoms. The van der Waals surface area contributed by atoms with Crippen LogP contribution in [0.5, 0.6) is 5.75 Å². The van der Waals surface area contributed by atoms with E-state index in [-0.39, 0.29) is 11.9 Å². The fourth-order valence-corrected chi connectivity index (χ4v) is 3.87. The first-order valence-electron chi connectivity index (χ1n) is 8.85. The third kappa shape index (κ3) is 4.95. The smallest absolute Gasteiger partial charge is 0.228 e. The lowest BCUT2D eigenvalue weighted by atomic mass is 10.1. The Labute approximate surface area is 163 Å². The Morgan fingerprint density at radius 2 is 2.04 bits per heavy atom. The van der Waals surface area contributed by atoms with Crippen LogP contribution in [0.15, 0.2) is 36.5 Å². The summed E-state index contributed by atoms with van der Waals surface area (Å²) in [5.41, 5.74) is 3.20. The van der Waals surface area contributed by atoms with Crippen molar-refractivity contribution in [3.8, 4) is 5.75 Å². The van der Waals surface area contributed by atoms with Crippen LogP contribution in [0.1, 0.15) is 41.2 Å². The lowest BCUT2D eigenvalue weighted by molar-refractivity contribution is -0.116. The number of methoxy groups -OCH3 is 1. The average Bonchev–Trinajstić information content (AvgIpc) is 3.21. The second-order valence-electron chi connectivity index (χ2n) is 6.63. The Bertz CT molecular complexity index is 914. The molecule has 1 atom stereocenters. The van der Waals surface area contributed by atoms with Gasteiger partial charge in [-0.2, -0.15) is 5.10 Å². The van der Waals surface area contributed by atoms with Crippen LogP contribution < -0.4 is 10.1 Å². The third-order valence-electron chi connectivity index (χ3n) is 4.28. The van der Waals surface area contributed by atoms with Crippen molar-refractivity contribution in [3.63, 3.8) is 0 Å². The highest BCUT2D eigenvalue weighted by molar-refractivity contribution is 7.15. The first-order valence-corrected chi connectivity index (χ1v) is 9.66. The van der Waals surface area contributed by atoms with Gasteiger partial charge in [-0.1, -0.05) is 12.1 Å². The Balaban J connectivity index is 1.56. The molecule has 0 spiro atoms. The highest BCUT2D eigenvalue weighted by atomic mass is 32.1. The largest absolute Gasteiger partial charge is 0.497 e. The molecule has 27 heavy (non-hydrogen) atoms. The van der Waals surface area contributed by atoms with Crippen molar-refractivity contribution in [2.24, 2.45) is 0 Å². The number of thiazole rings is 1. The summed E-state index contributed by atoms with van der Waals surface area (Å²) in [5.74, 6) is 0.785. The first-order chi connectivity index (χ1) is 12.9. The normalized spacial score (nSPS) is 12.0. The first kappa shape index (κ1) is 19.1. The molecule has 0 fully saturated rings. The quantitative estimate of drug-likeness (QED) is 0.664. The summed E-state index contributed by atoms with van der Waals surface area (Å²) in [5, 5.41) is 7.98. The number of ether oxygens (including phenoxy) is 1. The molecule has 0 aliphatic rings. The molecule has 0 radical (unpaired) electrons. The summed E-state index contributed by atoms with van der Waals surface area (Å²) in [4.78, 5) is 17.8. The molecule has 0 aliphatic heterocycles. The van der Waals surface area contributed by atoms with Gasteiger partial charge in [-0.05, 0) is 44.5 Å². The minimum absolute atomic E-state index is 0.00238. The highest BCUT2D eigenvalue weighted by Crippen LogP contribution is 2.23. The second kappa shape index (κ2) is 8.35. The Morgan fingerprint density at radius 1 is 1.30 bits per heavy atom. The van der Waals surface area contributed by atoms with E-state index in [2.05, 4.69) is 15.4 Å². The minimum atomic E-state index is -0.0552. The van der Waals surface area contributed by atoms with Gasteiger partial charge in [-0.25, -0.2) is 4.98 Å². The van der Waals surface area contributed by atoms with Crippen molar-refractivity contribution in [2.75, 3.05) is 12.4 Å². The summed E-state index contributed by atoms with van der Waals surface area (Å²) in [6.45, 7) is 5.95. The Morgan fingerprint density at radius 3 is 2.67 bits per heavy atom. The van der Waals surface area contributed by atoms with E-state index in [9.17, 15) is 4.79 Å². The molecule has 3 aromatic rings. The number of carbonyl (C=O) groups excluding carboxylic acids is 1. The SMILES string of the molecule is COc1ccc(Cc2cnc(NC(=O)CC(C)n3nc(C)cc3C)s2)cc1. The maximum Gasteiger partial charge on any atom is 0.228 e. The lowest BCUT2D eigenvalue weighted by Crippen LogP contribution is -2.18. The van der Waals surface area contributed by atoms with Crippen LogP contribution in [0.3, 0.4) is 0 Å². The van der Waals surface area contributed by atoms with E-state index in [1.165, 1.54) is 16.9 Å². The zero-order chi connectivity index (χ0) is 19.4. The molecule has 1 amide bonds. The van der Waals surface area contributed by atoms with Crippen molar-refractivity contribution in [1.82, 2.24) is 14.8 Å². The highest BCUT2D eigenvalue weighted by Gasteiger charge is 2.15. The van der Waals surface area contributed by atoms with Gasteiger partial charge >= 0.3 is 0 Å². The summed E-state index contributed by atoms with van der Waals surface area (Å²) >= 11 is 1.50. The van der Waals surface area contributed by atoms with Gasteiger partial charge in [-0.3, -0.25) is 9.48 Å². The van der Waals surface area contributed by atoms with Crippen LogP contribution in [0.2, 0.25) is 0 Å². The van der Waals surface area contributed by atoms with Crippen LogP contribution >= 0.6 is 11.3 Å². The fraction of sp³-hybridized carbons (Fsp3) is 0.350. The topological polar surface area (TPSA) is 69.0 Å². The maximum absolute atomic E-state index is 12.4. The molecule has 1 N–H and O–H groups in total. The predicted octanol–water partition coefficient (Wildman–Crippen LogP) is 4.15. The van der Waals surface area contributed by atoms with E-state index in [0.717, 1.165) is 28.4 Å². The zero-order valence-corrected chi connectivity index (χ0v) is 16.8. The number of benzene rings is 1. The number of hydrogen-bond donors (Lipinski definition) is 1. The van der Waals surface area contributed by atoms with Gasteiger partial charge in [0.1, 0.15) is 5.75 Å². The second-order valence-corrected chi connectivity index (χ2v) is 7.74. The number of anilines is 1. The van der Waals surface area contributed by atoms with Gasteiger partial charge in [0.25, 0.3) is 0 Å². The molecule has 0 saturated heterocycles. The predicted molar refractivity (Wildman–Crippen MR) is 108 cm³/mol. The molecule has 6 nitrogen and oxygen atoms in total. The molecular weight excluding hydrogens is 360 g/mol. The van der Waals surface area contributed by atoms with Gasteiger partial charge < -0.3 is 10.1 Å². The van der Waals surface area contributed by atoms with Gasteiger partial charge in [0, 0.05) is 29.6 Å². The van der Waals surface area contributed by atoms with Crippen LogP contribution in [0.25, 0.3) is 0 Å². The molecule has 2 aromatic heterocycles. The monoisotopic (exact) mass is 384 g/mol. The van der Waals surface area contributed by atoms with Gasteiger partial charge in [0.15, 0.2) is 5.13 Å². The number of hydrogen-bond acceptors (Lipinski definition) is 5. The van der Waals surface area contributed by atoms with Crippen molar-refractivity contribution in [2.45, 2.75) is 39.7 Å². The molecule has 0 aliphatic carbocycles. The summed E-state index contributed by atoms with van der Waals surface area (Å²) in [6, 6.07) is 9.97. The van der Waals surface area contributed by atoms with E-state index in [4.69, 9.17) is 4.74 Å². The number of aryl methyl sites for hydroxylation is 2. The van der Waals surface area contributed by atoms with E-state index in [1.54, 1.807) is 7.11 Å². The van der Waals surface area contributed by atoms with Crippen molar-refractivity contribution in [1.29, 1.82) is 0 Å². The molecule has 1 unspecified atom stereocenters. The van der Waals surface area contributed by atoms with E-state index in [1.807, 2.05) is 62.0 Å². The molecule has 142 valence electrons. The number of aromatic nitrogens is 3. The third-order valence-corrected chi connectivity index (χ3v) is 5.19. The van der Waals surface area contributed by atoms with E-state index >= 15 is 0 Å². The summed E-state index contributed by atoms with van der Waals surface area (Å²) in [7, 11) is 1.66. The Hall–Kier alpha value is -2.67. The summed E-state index contributed by atoms with van der Waals surface area (Å²) < 4.78 is 7.07. The van der Waals surface area contributed by atoms with Gasteiger partial charge in [0.2, 0.25) is 5.91 Å². The van der Waals surface area contributed by atoms with Gasteiger partial charge in [0.05, 0.1) is 18.8 Å². The molecule has 0 bridgehead atoms. The van der Waals surface area contributed by atoms with E-state index < -0.39 is 0 Å². The number of nitrogens with one attached hydrogen (secondary N) is 1. The molecule has 1 aromatic carbocycles. The summed E-state index contributed by atoms with van der Waals surface area (Å²) in [6.07, 6.45) is 2.95. The van der Waals surface area contributed by atoms with Crippen LogP contribution in [-0.2, 0) is 11.2 Å². The average molecular weight is 385 g/mol. The molecule has 0 saturated carbocycles. The number of amides is 1. The van der Waals surface area contributed by atoms with E-state index in [0.29, 0.717) is 11.6 Å². The molecule has 2 heterocycles. The number of nitrogens with zero attached hydrogens (tertiary/aromatic N) is 3. The number of carbonyl (C=O) groups is 1. The van der Waals surface area contributed by atoms with Crippen LogP contribution in [0, 0.1) is 13.8 Å². The van der Waals surface area contributed by atoms with Crippen LogP contribution in [-0.4, -0.2) is 27.8 Å². The van der Waals surface area contributed by atoms with Crippen molar-refractivity contribution < 1.29 is 9.53 Å². The molecule has 3 rings (SSSR count). The zero-order valence-electron chi connectivity index (χ0n) is 16.0. The fourth-order valence-electron chi connectivity index (χ4n) is 3.01. The molecular formula is C20H24N4O2S. The Kier molecular flexibility index (Phi) is 5.91. The maximum atomic E-state index is 12.4. The van der Waals surface area contributed by atoms with Gasteiger partial charge in [-0.15, -0.1) is 11.3 Å². The van der Waals surface area contributed by atoms with Crippen LogP contribution in [0.4, 0.5) is 5.13 Å². The minimum Gasteiger partial charge on any atom is -0.497 e. The van der Waals surface area contributed by atoms with Crippen molar-refractivity contribution in [3.05, 3.63) is 58.4 Å². The van der Waals surface area contributed by atoms with Crippen molar-refractivity contribution >= 4 is 22.4 Å². The lowest BCUT2D eigenvalue weighted by Gasteiger charge is -2.13.